The molecule has 1 aliphatic rings. The van der Waals surface area contributed by atoms with Gasteiger partial charge in [-0.25, -0.2) is 4.79 Å². The molecule has 1 aliphatic heterocycles. The molecule has 0 bridgehead atoms. The molecule has 0 radical (unpaired) electrons. The summed E-state index contributed by atoms with van der Waals surface area (Å²) in [5, 5.41) is 5.51. The lowest BCUT2D eigenvalue weighted by Crippen LogP contribution is -2.45. The molecule has 6 nitrogen and oxygen atoms in total. The van der Waals surface area contributed by atoms with Crippen molar-refractivity contribution in [2.75, 3.05) is 31.6 Å². The number of anilines is 1. The number of ether oxygens (including phenoxy) is 1. The Morgan fingerprint density at radius 1 is 1.24 bits per heavy atom. The minimum Gasteiger partial charge on any atom is -0.378 e. The van der Waals surface area contributed by atoms with Gasteiger partial charge in [0.1, 0.15) is 0 Å². The Morgan fingerprint density at radius 3 is 2.48 bits per heavy atom. The summed E-state index contributed by atoms with van der Waals surface area (Å²) in [7, 11) is 0. The fourth-order valence-corrected chi connectivity index (χ4v) is 2.51. The molecule has 0 saturated carbocycles. The Labute approximate surface area is 148 Å². The average molecular weight is 343 g/mol. The van der Waals surface area contributed by atoms with Crippen molar-refractivity contribution < 1.29 is 14.3 Å². The second kappa shape index (κ2) is 8.04. The first-order valence-corrected chi connectivity index (χ1v) is 8.32. The van der Waals surface area contributed by atoms with Gasteiger partial charge in [-0.2, -0.15) is 0 Å². The van der Waals surface area contributed by atoms with Crippen molar-refractivity contribution in [3.05, 3.63) is 29.8 Å². The highest BCUT2D eigenvalue weighted by atomic mass is 16.5. The molecular formula is C19H25N3O3. The highest BCUT2D eigenvalue weighted by Crippen LogP contribution is 2.20. The van der Waals surface area contributed by atoms with E-state index in [1.165, 1.54) is 0 Å². The number of hydrogen-bond acceptors (Lipinski definition) is 3. The van der Waals surface area contributed by atoms with E-state index in [0.717, 1.165) is 0 Å². The van der Waals surface area contributed by atoms with Crippen molar-refractivity contribution in [2.24, 2.45) is 5.41 Å². The van der Waals surface area contributed by atoms with Crippen molar-refractivity contribution in [2.45, 2.75) is 26.8 Å². The number of rotatable bonds is 3. The summed E-state index contributed by atoms with van der Waals surface area (Å²) in [5.74, 6) is 2.47. The van der Waals surface area contributed by atoms with Gasteiger partial charge in [0.2, 0.25) is 0 Å². The second-order valence-corrected chi connectivity index (χ2v) is 7.01. The van der Waals surface area contributed by atoms with Crippen LogP contribution in [0.2, 0.25) is 0 Å². The minimum absolute atomic E-state index is 0.122. The van der Waals surface area contributed by atoms with Crippen molar-refractivity contribution in [1.29, 1.82) is 0 Å². The Morgan fingerprint density at radius 2 is 1.88 bits per heavy atom. The van der Waals surface area contributed by atoms with Crippen LogP contribution in [0, 0.1) is 17.8 Å². The number of nitrogens with zero attached hydrogens (tertiary/aromatic N) is 1. The third kappa shape index (κ3) is 4.97. The Bertz CT molecular complexity index is 667. The van der Waals surface area contributed by atoms with Gasteiger partial charge in [0.25, 0.3) is 5.91 Å². The molecule has 25 heavy (non-hydrogen) atoms. The van der Waals surface area contributed by atoms with E-state index < -0.39 is 12.1 Å². The number of urea groups is 1. The Balaban J connectivity index is 2.11. The molecule has 3 amide bonds. The third-order valence-electron chi connectivity index (χ3n) is 4.01. The van der Waals surface area contributed by atoms with Crippen LogP contribution in [0.15, 0.2) is 24.3 Å². The lowest BCUT2D eigenvalue weighted by atomic mass is 9.87. The van der Waals surface area contributed by atoms with Gasteiger partial charge in [0, 0.05) is 13.1 Å². The largest absolute Gasteiger partial charge is 0.378 e. The predicted octanol–water partition coefficient (Wildman–Crippen LogP) is 2.33. The summed E-state index contributed by atoms with van der Waals surface area (Å²) in [5.41, 5.74) is 0.642. The molecule has 1 aromatic rings. The van der Waals surface area contributed by atoms with Gasteiger partial charge in [0.05, 0.1) is 30.5 Å². The van der Waals surface area contributed by atoms with Crippen LogP contribution >= 0.6 is 0 Å². The first-order valence-electron chi connectivity index (χ1n) is 8.32. The molecule has 6 heteroatoms. The lowest BCUT2D eigenvalue weighted by molar-refractivity contribution is 0.0303. The number of para-hydroxylation sites is 1. The van der Waals surface area contributed by atoms with E-state index in [1.807, 2.05) is 20.8 Å². The summed E-state index contributed by atoms with van der Waals surface area (Å²) in [6, 6.07) is 6.10. The quantitative estimate of drug-likeness (QED) is 0.828. The van der Waals surface area contributed by atoms with Gasteiger partial charge in [0.15, 0.2) is 0 Å². The summed E-state index contributed by atoms with van der Waals surface area (Å²) in [4.78, 5) is 26.7. The van der Waals surface area contributed by atoms with E-state index in [2.05, 4.69) is 16.6 Å². The van der Waals surface area contributed by atoms with E-state index in [4.69, 9.17) is 11.2 Å². The summed E-state index contributed by atoms with van der Waals surface area (Å²) in [6.45, 7) is 7.99. The van der Waals surface area contributed by atoms with Crippen molar-refractivity contribution in [3.8, 4) is 12.3 Å². The van der Waals surface area contributed by atoms with E-state index in [0.29, 0.717) is 37.6 Å². The van der Waals surface area contributed by atoms with Gasteiger partial charge >= 0.3 is 6.03 Å². The van der Waals surface area contributed by atoms with Crippen LogP contribution in [0.3, 0.4) is 0 Å². The lowest BCUT2D eigenvalue weighted by Gasteiger charge is -2.28. The summed E-state index contributed by atoms with van der Waals surface area (Å²) < 4.78 is 5.28. The van der Waals surface area contributed by atoms with Crippen molar-refractivity contribution in [3.63, 3.8) is 0 Å². The Kier molecular flexibility index (Phi) is 6.05. The number of amides is 3. The number of terminal acetylenes is 1. The number of nitrogens with one attached hydrogen (secondary N) is 2. The SMILES string of the molecule is C#C[C@H](NC(=O)Nc1ccccc1C(=O)N1CCOCC1)C(C)(C)C. The molecule has 1 saturated heterocycles. The zero-order chi connectivity index (χ0) is 18.4. The highest BCUT2D eigenvalue weighted by Gasteiger charge is 2.25. The highest BCUT2D eigenvalue weighted by molar-refractivity contribution is 6.03. The monoisotopic (exact) mass is 343 g/mol. The fourth-order valence-electron chi connectivity index (χ4n) is 2.51. The van der Waals surface area contributed by atoms with Crippen LogP contribution in [-0.2, 0) is 4.74 Å². The van der Waals surface area contributed by atoms with Crippen LogP contribution in [0.25, 0.3) is 0 Å². The van der Waals surface area contributed by atoms with Gasteiger partial charge in [-0.3, -0.25) is 4.79 Å². The summed E-state index contributed by atoms with van der Waals surface area (Å²) in [6.07, 6.45) is 5.51. The smallest absolute Gasteiger partial charge is 0.320 e. The number of hydrogen-bond donors (Lipinski definition) is 2. The molecule has 1 fully saturated rings. The molecule has 1 aromatic carbocycles. The molecule has 0 aliphatic carbocycles. The van der Waals surface area contributed by atoms with Crippen LogP contribution in [0.1, 0.15) is 31.1 Å². The number of morpholine rings is 1. The minimum atomic E-state index is -0.430. The topological polar surface area (TPSA) is 70.7 Å². The third-order valence-corrected chi connectivity index (χ3v) is 4.01. The molecular weight excluding hydrogens is 318 g/mol. The first kappa shape index (κ1) is 18.8. The molecule has 2 N–H and O–H groups in total. The maximum absolute atomic E-state index is 12.7. The number of benzene rings is 1. The molecule has 1 heterocycles. The normalized spacial score (nSPS) is 15.8. The van der Waals surface area contributed by atoms with Gasteiger partial charge in [-0.15, -0.1) is 6.42 Å². The molecule has 0 unspecified atom stereocenters. The van der Waals surface area contributed by atoms with Crippen molar-refractivity contribution in [1.82, 2.24) is 10.2 Å². The van der Waals surface area contributed by atoms with Crippen LogP contribution in [0.5, 0.6) is 0 Å². The number of carbonyl (C=O) groups is 2. The molecule has 0 spiro atoms. The maximum atomic E-state index is 12.7. The standard InChI is InChI=1S/C19H25N3O3/c1-5-16(19(2,3)4)21-18(24)20-15-9-7-6-8-14(15)17(23)22-10-12-25-13-11-22/h1,6-9,16H,10-13H2,2-4H3,(H2,20,21,24)/t16-/m0/s1. The zero-order valence-electron chi connectivity index (χ0n) is 15.0. The van der Waals surface area contributed by atoms with Crippen LogP contribution in [0.4, 0.5) is 10.5 Å². The van der Waals surface area contributed by atoms with E-state index >= 15 is 0 Å². The number of carbonyl (C=O) groups excluding carboxylic acids is 2. The van der Waals surface area contributed by atoms with E-state index in [-0.39, 0.29) is 11.3 Å². The van der Waals surface area contributed by atoms with Crippen molar-refractivity contribution >= 4 is 17.6 Å². The van der Waals surface area contributed by atoms with Crippen LogP contribution < -0.4 is 10.6 Å². The maximum Gasteiger partial charge on any atom is 0.320 e. The molecule has 2 rings (SSSR count). The average Bonchev–Trinajstić information content (AvgIpc) is 2.59. The van der Waals surface area contributed by atoms with Gasteiger partial charge in [-0.05, 0) is 17.5 Å². The molecule has 134 valence electrons. The van der Waals surface area contributed by atoms with Gasteiger partial charge in [-0.1, -0.05) is 38.8 Å². The zero-order valence-corrected chi connectivity index (χ0v) is 15.0. The fraction of sp³-hybridized carbons (Fsp3) is 0.474. The van der Waals surface area contributed by atoms with Crippen LogP contribution in [-0.4, -0.2) is 49.2 Å². The summed E-state index contributed by atoms with van der Waals surface area (Å²) >= 11 is 0. The Hall–Kier alpha value is -2.52. The van der Waals surface area contributed by atoms with E-state index in [9.17, 15) is 9.59 Å². The molecule has 1 atom stereocenters. The second-order valence-electron chi connectivity index (χ2n) is 7.01. The molecule has 0 aromatic heterocycles. The van der Waals surface area contributed by atoms with E-state index in [1.54, 1.807) is 29.2 Å². The first-order chi connectivity index (χ1) is 11.8. The van der Waals surface area contributed by atoms with Gasteiger partial charge < -0.3 is 20.3 Å². The predicted molar refractivity (Wildman–Crippen MR) is 97.4 cm³/mol.